The highest BCUT2D eigenvalue weighted by atomic mass is 16.5. The van der Waals surface area contributed by atoms with Crippen molar-refractivity contribution in [3.05, 3.63) is 29.3 Å². The number of nitrogens with two attached hydrogens (primary N) is 1. The van der Waals surface area contributed by atoms with Crippen LogP contribution in [0, 0.1) is 6.92 Å². The van der Waals surface area contributed by atoms with Crippen molar-refractivity contribution in [3.8, 4) is 5.75 Å². The molecule has 0 radical (unpaired) electrons. The predicted molar refractivity (Wildman–Crippen MR) is 53.8 cm³/mol. The number of hydrogen-bond acceptors (Lipinski definition) is 3. The largest absolute Gasteiger partial charge is 0.496 e. The number of hydrogen-bond donors (Lipinski definition) is 2. The normalized spacial score (nSPS) is 9.64. The van der Waals surface area contributed by atoms with Gasteiger partial charge in [0.05, 0.1) is 13.5 Å². The summed E-state index contributed by atoms with van der Waals surface area (Å²) in [5.74, 6) is 5.56. The number of hydrazine groups is 1. The summed E-state index contributed by atoms with van der Waals surface area (Å²) in [5.41, 5.74) is 4.02. The number of methoxy groups -OCH3 is 1. The number of ether oxygens (including phenoxy) is 1. The van der Waals surface area contributed by atoms with Gasteiger partial charge in [-0.2, -0.15) is 0 Å². The Morgan fingerprint density at radius 3 is 2.86 bits per heavy atom. The average molecular weight is 194 g/mol. The Morgan fingerprint density at radius 1 is 1.57 bits per heavy atom. The summed E-state index contributed by atoms with van der Waals surface area (Å²) in [6.45, 7) is 1.95. The quantitative estimate of drug-likeness (QED) is 0.419. The molecule has 0 bridgehead atoms. The van der Waals surface area contributed by atoms with Gasteiger partial charge in [0, 0.05) is 0 Å². The van der Waals surface area contributed by atoms with E-state index in [9.17, 15) is 4.79 Å². The maximum Gasteiger partial charge on any atom is 0.238 e. The molecule has 0 heterocycles. The Balaban J connectivity index is 2.84. The minimum atomic E-state index is -0.212. The molecule has 0 fully saturated rings. The van der Waals surface area contributed by atoms with Gasteiger partial charge in [-0.25, -0.2) is 5.84 Å². The highest BCUT2D eigenvalue weighted by molar-refractivity contribution is 5.78. The third-order valence-corrected chi connectivity index (χ3v) is 2.00. The van der Waals surface area contributed by atoms with Crippen molar-refractivity contribution in [2.24, 2.45) is 5.84 Å². The van der Waals surface area contributed by atoms with Gasteiger partial charge < -0.3 is 4.74 Å². The van der Waals surface area contributed by atoms with Gasteiger partial charge in [0.15, 0.2) is 0 Å². The van der Waals surface area contributed by atoms with Gasteiger partial charge in [0.25, 0.3) is 0 Å². The van der Waals surface area contributed by atoms with E-state index in [1.165, 1.54) is 0 Å². The van der Waals surface area contributed by atoms with Gasteiger partial charge in [0.1, 0.15) is 5.75 Å². The molecule has 1 aromatic carbocycles. The minimum Gasteiger partial charge on any atom is -0.496 e. The molecule has 0 aromatic heterocycles. The first kappa shape index (κ1) is 10.5. The molecule has 0 aliphatic heterocycles. The summed E-state index contributed by atoms with van der Waals surface area (Å²) in [6.07, 6.45) is 0.271. The lowest BCUT2D eigenvalue weighted by molar-refractivity contribution is -0.120. The first-order valence-corrected chi connectivity index (χ1v) is 4.30. The standard InChI is InChI=1S/C10H14N2O2/c1-7-3-4-8(5-9(7)14-2)6-10(13)12-11/h3-5H,6,11H2,1-2H3,(H,12,13). The summed E-state index contributed by atoms with van der Waals surface area (Å²) < 4.78 is 5.14. The molecule has 1 aromatic rings. The van der Waals surface area contributed by atoms with E-state index >= 15 is 0 Å². The van der Waals surface area contributed by atoms with Crippen molar-refractivity contribution in [2.75, 3.05) is 7.11 Å². The number of carbonyl (C=O) groups is 1. The Kier molecular flexibility index (Phi) is 3.48. The third kappa shape index (κ3) is 2.47. The average Bonchev–Trinajstić information content (AvgIpc) is 2.20. The van der Waals surface area contributed by atoms with Gasteiger partial charge in [-0.1, -0.05) is 12.1 Å². The number of amides is 1. The summed E-state index contributed by atoms with van der Waals surface area (Å²) in [6, 6.07) is 5.63. The van der Waals surface area contributed by atoms with Crippen molar-refractivity contribution in [1.82, 2.24) is 5.43 Å². The van der Waals surface area contributed by atoms with Crippen molar-refractivity contribution < 1.29 is 9.53 Å². The monoisotopic (exact) mass is 194 g/mol. The molecule has 0 aliphatic rings. The van der Waals surface area contributed by atoms with Crippen molar-refractivity contribution in [1.29, 1.82) is 0 Å². The maximum absolute atomic E-state index is 11.0. The molecule has 0 spiro atoms. The lowest BCUT2D eigenvalue weighted by atomic mass is 10.1. The molecular formula is C10H14N2O2. The second-order valence-corrected chi connectivity index (χ2v) is 3.05. The van der Waals surface area contributed by atoms with E-state index in [-0.39, 0.29) is 12.3 Å². The van der Waals surface area contributed by atoms with Crippen LogP contribution in [0.5, 0.6) is 5.75 Å². The SMILES string of the molecule is COc1cc(CC(=O)NN)ccc1C. The highest BCUT2D eigenvalue weighted by Gasteiger charge is 2.04. The van der Waals surface area contributed by atoms with E-state index in [2.05, 4.69) is 5.43 Å². The van der Waals surface area contributed by atoms with E-state index < -0.39 is 0 Å². The second kappa shape index (κ2) is 4.62. The van der Waals surface area contributed by atoms with Crippen molar-refractivity contribution >= 4 is 5.91 Å². The van der Waals surface area contributed by atoms with Gasteiger partial charge in [0.2, 0.25) is 5.91 Å². The Labute approximate surface area is 83.0 Å². The van der Waals surface area contributed by atoms with Gasteiger partial charge in [-0.15, -0.1) is 0 Å². The number of nitrogens with one attached hydrogen (secondary N) is 1. The van der Waals surface area contributed by atoms with Crippen molar-refractivity contribution in [3.63, 3.8) is 0 Å². The van der Waals surface area contributed by atoms with E-state index in [0.717, 1.165) is 16.9 Å². The number of aryl methyl sites for hydroxylation is 1. The lowest BCUT2D eigenvalue weighted by Gasteiger charge is -2.06. The molecule has 0 saturated carbocycles. The molecule has 1 amide bonds. The van der Waals surface area contributed by atoms with Gasteiger partial charge >= 0.3 is 0 Å². The van der Waals surface area contributed by atoms with Crippen LogP contribution >= 0.6 is 0 Å². The smallest absolute Gasteiger partial charge is 0.238 e. The van der Waals surface area contributed by atoms with Crippen LogP contribution in [0.3, 0.4) is 0 Å². The van der Waals surface area contributed by atoms with E-state index in [4.69, 9.17) is 10.6 Å². The molecule has 0 saturated heterocycles. The van der Waals surface area contributed by atoms with Crippen LogP contribution in [-0.4, -0.2) is 13.0 Å². The van der Waals surface area contributed by atoms with E-state index in [0.29, 0.717) is 0 Å². The van der Waals surface area contributed by atoms with Gasteiger partial charge in [-0.05, 0) is 24.1 Å². The summed E-state index contributed by atoms with van der Waals surface area (Å²) in [5, 5.41) is 0. The minimum absolute atomic E-state index is 0.212. The Morgan fingerprint density at radius 2 is 2.29 bits per heavy atom. The fourth-order valence-electron chi connectivity index (χ4n) is 1.21. The zero-order valence-electron chi connectivity index (χ0n) is 8.33. The third-order valence-electron chi connectivity index (χ3n) is 2.00. The molecule has 0 atom stereocenters. The number of carbonyl (C=O) groups excluding carboxylic acids is 1. The molecule has 4 heteroatoms. The number of benzene rings is 1. The van der Waals surface area contributed by atoms with Crippen LogP contribution in [0.25, 0.3) is 0 Å². The first-order chi connectivity index (χ1) is 6.67. The molecule has 0 unspecified atom stereocenters. The van der Waals surface area contributed by atoms with Crippen LogP contribution in [0.15, 0.2) is 18.2 Å². The summed E-state index contributed by atoms with van der Waals surface area (Å²) >= 11 is 0. The van der Waals surface area contributed by atoms with Crippen molar-refractivity contribution in [2.45, 2.75) is 13.3 Å². The maximum atomic E-state index is 11.0. The zero-order chi connectivity index (χ0) is 10.6. The number of rotatable bonds is 3. The van der Waals surface area contributed by atoms with Gasteiger partial charge in [-0.3, -0.25) is 10.2 Å². The molecule has 0 aliphatic carbocycles. The molecule has 4 nitrogen and oxygen atoms in total. The lowest BCUT2D eigenvalue weighted by Crippen LogP contribution is -2.31. The second-order valence-electron chi connectivity index (χ2n) is 3.05. The fourth-order valence-corrected chi connectivity index (χ4v) is 1.21. The molecule has 76 valence electrons. The highest BCUT2D eigenvalue weighted by Crippen LogP contribution is 2.18. The van der Waals surface area contributed by atoms with Crippen LogP contribution in [-0.2, 0) is 11.2 Å². The van der Waals surface area contributed by atoms with Crippen LogP contribution in [0.4, 0.5) is 0 Å². The predicted octanol–water partition coefficient (Wildman–Crippen LogP) is 0.536. The van der Waals surface area contributed by atoms with Crippen LogP contribution in [0.2, 0.25) is 0 Å². The fraction of sp³-hybridized carbons (Fsp3) is 0.300. The van der Waals surface area contributed by atoms with E-state index in [1.807, 2.05) is 25.1 Å². The zero-order valence-corrected chi connectivity index (χ0v) is 8.33. The van der Waals surface area contributed by atoms with E-state index in [1.54, 1.807) is 7.11 Å². The Hall–Kier alpha value is -1.55. The first-order valence-electron chi connectivity index (χ1n) is 4.30. The molecule has 1 rings (SSSR count). The topological polar surface area (TPSA) is 64.3 Å². The molecule has 3 N–H and O–H groups in total. The summed E-state index contributed by atoms with van der Waals surface area (Å²) in [4.78, 5) is 11.0. The van der Waals surface area contributed by atoms with Crippen LogP contribution < -0.4 is 16.0 Å². The summed E-state index contributed by atoms with van der Waals surface area (Å²) in [7, 11) is 1.61. The molecule has 14 heavy (non-hydrogen) atoms. The molecular weight excluding hydrogens is 180 g/mol. The Bertz CT molecular complexity index is 337. The van der Waals surface area contributed by atoms with Crippen LogP contribution in [0.1, 0.15) is 11.1 Å².